The van der Waals surface area contributed by atoms with E-state index in [9.17, 15) is 0 Å². The fraction of sp³-hybridized carbons (Fsp3) is 0.294. The minimum atomic E-state index is 0.134. The molecule has 1 nitrogen and oxygen atoms in total. The predicted octanol–water partition coefficient (Wildman–Crippen LogP) is 4.22. The molecule has 0 unspecified atom stereocenters. The van der Waals surface area contributed by atoms with E-state index in [-0.39, 0.29) is 6.61 Å². The molecule has 1 aromatic carbocycles. The normalized spacial score (nSPS) is 10.1. The van der Waals surface area contributed by atoms with Gasteiger partial charge in [0.05, 0.1) is 6.61 Å². The number of hydrogen-bond acceptors (Lipinski definition) is 3. The van der Waals surface area contributed by atoms with Crippen molar-refractivity contribution in [2.45, 2.75) is 24.9 Å². The minimum absolute atomic E-state index is 0.134. The standard InChI is InChI=1S/C17H18OS2/c1-14-5-4-6-15(11-14)12-19-13-17-16(8-10-20-17)7-2-3-9-18/h4-6,8,10-11,18H,3,9,12-13H2,1H3. The number of thioether (sulfide) groups is 1. The van der Waals surface area contributed by atoms with Crippen molar-refractivity contribution < 1.29 is 5.11 Å². The van der Waals surface area contributed by atoms with Crippen LogP contribution in [0.1, 0.15) is 28.0 Å². The highest BCUT2D eigenvalue weighted by atomic mass is 32.2. The molecule has 2 rings (SSSR count). The van der Waals surface area contributed by atoms with Crippen LogP contribution in [0.2, 0.25) is 0 Å². The maximum Gasteiger partial charge on any atom is 0.0540 e. The van der Waals surface area contributed by atoms with Crippen LogP contribution in [0.3, 0.4) is 0 Å². The fourth-order valence-corrected chi connectivity index (χ4v) is 3.84. The molecule has 0 amide bonds. The topological polar surface area (TPSA) is 20.2 Å². The highest BCUT2D eigenvalue weighted by molar-refractivity contribution is 7.97. The highest BCUT2D eigenvalue weighted by Gasteiger charge is 2.02. The molecule has 0 atom stereocenters. The fourth-order valence-electron chi connectivity index (χ4n) is 1.84. The smallest absolute Gasteiger partial charge is 0.0540 e. The first kappa shape index (κ1) is 15.2. The summed E-state index contributed by atoms with van der Waals surface area (Å²) in [5.41, 5.74) is 3.80. The van der Waals surface area contributed by atoms with Gasteiger partial charge in [-0.05, 0) is 23.9 Å². The molecule has 0 saturated heterocycles. The average Bonchev–Trinajstić information content (AvgIpc) is 2.87. The van der Waals surface area contributed by atoms with Crippen LogP contribution in [0.15, 0.2) is 35.7 Å². The van der Waals surface area contributed by atoms with Crippen molar-refractivity contribution in [2.75, 3.05) is 6.61 Å². The minimum Gasteiger partial charge on any atom is -0.395 e. The van der Waals surface area contributed by atoms with Gasteiger partial charge < -0.3 is 5.11 Å². The first-order chi connectivity index (χ1) is 9.79. The molecular formula is C17H18OS2. The average molecular weight is 302 g/mol. The zero-order valence-electron chi connectivity index (χ0n) is 11.6. The van der Waals surface area contributed by atoms with E-state index < -0.39 is 0 Å². The molecule has 3 heteroatoms. The predicted molar refractivity (Wildman–Crippen MR) is 89.1 cm³/mol. The Hall–Kier alpha value is -1.21. The molecule has 20 heavy (non-hydrogen) atoms. The van der Waals surface area contributed by atoms with Crippen molar-refractivity contribution in [2.24, 2.45) is 0 Å². The van der Waals surface area contributed by atoms with E-state index in [4.69, 9.17) is 5.11 Å². The van der Waals surface area contributed by atoms with Crippen molar-refractivity contribution in [3.8, 4) is 11.8 Å². The molecule has 0 spiro atoms. The van der Waals surface area contributed by atoms with Crippen LogP contribution < -0.4 is 0 Å². The lowest BCUT2D eigenvalue weighted by molar-refractivity contribution is 0.305. The summed E-state index contributed by atoms with van der Waals surface area (Å²) in [5.74, 6) is 8.16. The van der Waals surface area contributed by atoms with Crippen molar-refractivity contribution in [3.63, 3.8) is 0 Å². The van der Waals surface area contributed by atoms with Crippen LogP contribution in [0.4, 0.5) is 0 Å². The van der Waals surface area contributed by atoms with Crippen LogP contribution in [-0.4, -0.2) is 11.7 Å². The number of benzene rings is 1. The van der Waals surface area contributed by atoms with Crippen molar-refractivity contribution in [1.29, 1.82) is 0 Å². The lowest BCUT2D eigenvalue weighted by Crippen LogP contribution is -1.85. The number of aryl methyl sites for hydroxylation is 1. The summed E-state index contributed by atoms with van der Waals surface area (Å²) in [7, 11) is 0. The van der Waals surface area contributed by atoms with Gasteiger partial charge in [-0.15, -0.1) is 11.3 Å². The molecule has 0 saturated carbocycles. The van der Waals surface area contributed by atoms with Gasteiger partial charge in [-0.25, -0.2) is 0 Å². The molecule has 1 N–H and O–H groups in total. The second kappa shape index (κ2) is 8.16. The molecular weight excluding hydrogens is 284 g/mol. The monoisotopic (exact) mass is 302 g/mol. The van der Waals surface area contributed by atoms with Crippen molar-refractivity contribution in [1.82, 2.24) is 0 Å². The number of rotatable bonds is 5. The first-order valence-corrected chi connectivity index (χ1v) is 8.62. The Balaban J connectivity index is 1.89. The van der Waals surface area contributed by atoms with Gasteiger partial charge in [0.25, 0.3) is 0 Å². The van der Waals surface area contributed by atoms with E-state index >= 15 is 0 Å². The van der Waals surface area contributed by atoms with Crippen LogP contribution >= 0.6 is 23.1 Å². The van der Waals surface area contributed by atoms with Crippen LogP contribution in [-0.2, 0) is 11.5 Å². The summed E-state index contributed by atoms with van der Waals surface area (Å²) >= 11 is 3.68. The third-order valence-corrected chi connectivity index (χ3v) is 4.92. The van der Waals surface area contributed by atoms with Crippen LogP contribution in [0.5, 0.6) is 0 Å². The van der Waals surface area contributed by atoms with Gasteiger partial charge in [-0.1, -0.05) is 41.7 Å². The lowest BCUT2D eigenvalue weighted by Gasteiger charge is -2.02. The maximum absolute atomic E-state index is 8.75. The summed E-state index contributed by atoms with van der Waals surface area (Å²) < 4.78 is 0. The Morgan fingerprint density at radius 2 is 2.15 bits per heavy atom. The Morgan fingerprint density at radius 3 is 2.95 bits per heavy atom. The summed E-state index contributed by atoms with van der Waals surface area (Å²) in [6, 6.07) is 10.7. The third kappa shape index (κ3) is 4.72. The summed E-state index contributed by atoms with van der Waals surface area (Å²) in [6.07, 6.45) is 0.547. The van der Waals surface area contributed by atoms with Crippen LogP contribution in [0.25, 0.3) is 0 Å². The van der Waals surface area contributed by atoms with E-state index in [1.165, 1.54) is 16.0 Å². The Kier molecular flexibility index (Phi) is 6.20. The maximum atomic E-state index is 8.75. The molecule has 1 aromatic heterocycles. The molecule has 0 bridgehead atoms. The van der Waals surface area contributed by atoms with E-state index in [0.29, 0.717) is 6.42 Å². The number of aliphatic hydroxyl groups excluding tert-OH is 1. The zero-order valence-corrected chi connectivity index (χ0v) is 13.2. The first-order valence-electron chi connectivity index (χ1n) is 6.59. The van der Waals surface area contributed by atoms with E-state index in [1.54, 1.807) is 11.3 Å². The van der Waals surface area contributed by atoms with E-state index in [2.05, 4.69) is 54.5 Å². The Bertz CT molecular complexity index is 605. The van der Waals surface area contributed by atoms with Gasteiger partial charge in [0, 0.05) is 28.4 Å². The number of thiophene rings is 1. The molecule has 0 aliphatic carbocycles. The van der Waals surface area contributed by atoms with Gasteiger partial charge in [-0.3, -0.25) is 0 Å². The number of aliphatic hydroxyl groups is 1. The second-order valence-corrected chi connectivity index (χ2v) is 6.50. The third-order valence-electron chi connectivity index (χ3n) is 2.79. The Morgan fingerprint density at radius 1 is 1.25 bits per heavy atom. The lowest BCUT2D eigenvalue weighted by atomic mass is 10.2. The molecule has 104 valence electrons. The summed E-state index contributed by atoms with van der Waals surface area (Å²) in [5, 5.41) is 10.8. The molecule has 0 radical (unpaired) electrons. The van der Waals surface area contributed by atoms with Crippen molar-refractivity contribution >= 4 is 23.1 Å². The summed E-state index contributed by atoms with van der Waals surface area (Å²) in [6.45, 7) is 2.26. The van der Waals surface area contributed by atoms with Gasteiger partial charge in [0.1, 0.15) is 0 Å². The number of hydrogen-bond donors (Lipinski definition) is 1. The SMILES string of the molecule is Cc1cccc(CSCc2sccc2C#CCCO)c1. The highest BCUT2D eigenvalue weighted by Crippen LogP contribution is 2.24. The molecule has 0 fully saturated rings. The molecule has 0 aliphatic rings. The van der Waals surface area contributed by atoms with Gasteiger partial charge in [0.15, 0.2) is 0 Å². The Labute approximate surface area is 129 Å². The zero-order chi connectivity index (χ0) is 14.2. The quantitative estimate of drug-likeness (QED) is 0.834. The summed E-state index contributed by atoms with van der Waals surface area (Å²) in [4.78, 5) is 1.33. The van der Waals surface area contributed by atoms with Gasteiger partial charge >= 0.3 is 0 Å². The van der Waals surface area contributed by atoms with Gasteiger partial charge in [0.2, 0.25) is 0 Å². The van der Waals surface area contributed by atoms with Gasteiger partial charge in [-0.2, -0.15) is 11.8 Å². The molecule has 2 aromatic rings. The van der Waals surface area contributed by atoms with E-state index in [1.807, 2.05) is 11.8 Å². The molecule has 0 aliphatic heterocycles. The second-order valence-electron chi connectivity index (χ2n) is 4.51. The van der Waals surface area contributed by atoms with Crippen molar-refractivity contribution in [3.05, 3.63) is 57.3 Å². The van der Waals surface area contributed by atoms with E-state index in [0.717, 1.165) is 17.1 Å². The molecule has 1 heterocycles. The largest absolute Gasteiger partial charge is 0.395 e. The van der Waals surface area contributed by atoms with Crippen LogP contribution in [0, 0.1) is 18.8 Å².